The van der Waals surface area contributed by atoms with Gasteiger partial charge in [-0.15, -0.1) is 11.3 Å². The number of Topliss-reactive ketones (excluding diaryl/α,β-unsaturated/α-hetero) is 1. The highest BCUT2D eigenvalue weighted by Crippen LogP contribution is 2.28. The Kier molecular flexibility index (Phi) is 6.61. The van der Waals surface area contributed by atoms with Crippen LogP contribution in [0.15, 0.2) is 30.3 Å². The zero-order valence-corrected chi connectivity index (χ0v) is 15.3. The average molecular weight is 392 g/mol. The van der Waals surface area contributed by atoms with Gasteiger partial charge in [0.15, 0.2) is 12.4 Å². The molecule has 1 heterocycles. The standard InChI is InChI=1S/C17H16N2O7S/c1-10(20)18-8-12-4-6-16(27-12)14(21)9-26-15-7-11(17(22)25-2)3-5-13(15)19(23)24/h3-7H,8-9H2,1-2H3,(H,18,20). The fourth-order valence-electron chi connectivity index (χ4n) is 2.07. The summed E-state index contributed by atoms with van der Waals surface area (Å²) in [6.07, 6.45) is 0. The highest BCUT2D eigenvalue weighted by molar-refractivity contribution is 7.14. The van der Waals surface area contributed by atoms with Crippen LogP contribution < -0.4 is 10.1 Å². The highest BCUT2D eigenvalue weighted by Gasteiger charge is 2.20. The Balaban J connectivity index is 2.10. The second-order valence-corrected chi connectivity index (χ2v) is 6.49. The number of ketones is 1. The average Bonchev–Trinajstić information content (AvgIpc) is 3.12. The molecule has 0 aliphatic rings. The molecule has 2 aromatic rings. The summed E-state index contributed by atoms with van der Waals surface area (Å²) in [4.78, 5) is 46.4. The molecule has 9 nitrogen and oxygen atoms in total. The highest BCUT2D eigenvalue weighted by atomic mass is 32.1. The van der Waals surface area contributed by atoms with Crippen molar-refractivity contribution in [2.45, 2.75) is 13.5 Å². The minimum atomic E-state index is -0.679. The normalized spacial score (nSPS) is 10.1. The molecule has 0 radical (unpaired) electrons. The first-order valence-corrected chi connectivity index (χ1v) is 8.49. The van der Waals surface area contributed by atoms with Gasteiger partial charge in [-0.25, -0.2) is 4.79 Å². The molecular formula is C17H16N2O7S. The maximum atomic E-state index is 12.3. The molecule has 0 fully saturated rings. The molecular weight excluding hydrogens is 376 g/mol. The number of amides is 1. The Morgan fingerprint density at radius 1 is 1.22 bits per heavy atom. The van der Waals surface area contributed by atoms with Crippen molar-refractivity contribution in [1.29, 1.82) is 0 Å². The van der Waals surface area contributed by atoms with Crippen molar-refractivity contribution in [2.24, 2.45) is 0 Å². The van der Waals surface area contributed by atoms with Crippen LogP contribution >= 0.6 is 11.3 Å². The number of thiophene rings is 1. The van der Waals surface area contributed by atoms with Gasteiger partial charge in [0.25, 0.3) is 0 Å². The van der Waals surface area contributed by atoms with Crippen molar-refractivity contribution in [1.82, 2.24) is 5.32 Å². The van der Waals surface area contributed by atoms with Gasteiger partial charge >= 0.3 is 11.7 Å². The van der Waals surface area contributed by atoms with Crippen LogP contribution in [0.2, 0.25) is 0 Å². The second kappa shape index (κ2) is 8.90. The third-order valence-corrected chi connectivity index (χ3v) is 4.51. The molecule has 1 amide bonds. The minimum absolute atomic E-state index is 0.0688. The summed E-state index contributed by atoms with van der Waals surface area (Å²) in [6, 6.07) is 6.81. The third kappa shape index (κ3) is 5.35. The van der Waals surface area contributed by atoms with E-state index in [4.69, 9.17) is 4.74 Å². The van der Waals surface area contributed by atoms with Crippen LogP contribution in [0.4, 0.5) is 5.69 Å². The summed E-state index contributed by atoms with van der Waals surface area (Å²) in [7, 11) is 1.18. The first kappa shape index (κ1) is 20.0. The minimum Gasteiger partial charge on any atom is -0.478 e. The number of hydrogen-bond donors (Lipinski definition) is 1. The van der Waals surface area contributed by atoms with Gasteiger partial charge in [0.2, 0.25) is 11.7 Å². The molecule has 0 saturated carbocycles. The zero-order chi connectivity index (χ0) is 20.0. The van der Waals surface area contributed by atoms with E-state index in [1.54, 1.807) is 12.1 Å². The van der Waals surface area contributed by atoms with Crippen LogP contribution in [0.1, 0.15) is 31.8 Å². The van der Waals surface area contributed by atoms with E-state index < -0.39 is 17.5 Å². The Morgan fingerprint density at radius 3 is 2.59 bits per heavy atom. The molecule has 10 heteroatoms. The number of esters is 1. The van der Waals surface area contributed by atoms with E-state index in [0.717, 1.165) is 17.0 Å². The zero-order valence-electron chi connectivity index (χ0n) is 14.5. The molecule has 1 aromatic heterocycles. The first-order valence-electron chi connectivity index (χ1n) is 7.67. The van der Waals surface area contributed by atoms with Gasteiger partial charge in [0.1, 0.15) is 0 Å². The summed E-state index contributed by atoms with van der Waals surface area (Å²) >= 11 is 1.19. The molecule has 0 aliphatic heterocycles. The molecule has 2 rings (SSSR count). The van der Waals surface area contributed by atoms with Gasteiger partial charge in [0.05, 0.1) is 29.0 Å². The summed E-state index contributed by atoms with van der Waals surface area (Å²) in [5.74, 6) is -1.45. The van der Waals surface area contributed by atoms with Crippen LogP contribution in [-0.2, 0) is 16.1 Å². The number of nitrogens with one attached hydrogen (secondary N) is 1. The number of ether oxygens (including phenoxy) is 2. The van der Waals surface area contributed by atoms with Gasteiger partial charge in [-0.2, -0.15) is 0 Å². The van der Waals surface area contributed by atoms with Crippen molar-refractivity contribution in [3.05, 3.63) is 55.8 Å². The van der Waals surface area contributed by atoms with Crippen molar-refractivity contribution in [2.75, 3.05) is 13.7 Å². The fourth-order valence-corrected chi connectivity index (χ4v) is 2.95. The van der Waals surface area contributed by atoms with Crippen molar-refractivity contribution in [3.8, 4) is 5.75 Å². The molecule has 142 valence electrons. The summed E-state index contributed by atoms with van der Waals surface area (Å²) in [6.45, 7) is 1.26. The number of methoxy groups -OCH3 is 1. The van der Waals surface area contributed by atoms with E-state index in [1.165, 1.54) is 31.4 Å². The van der Waals surface area contributed by atoms with E-state index in [1.807, 2.05) is 0 Å². The number of nitro benzene ring substituents is 1. The SMILES string of the molecule is COC(=O)c1ccc([N+](=O)[O-])c(OCC(=O)c2ccc(CNC(C)=O)s2)c1. The molecule has 0 unspecified atom stereocenters. The van der Waals surface area contributed by atoms with E-state index in [-0.39, 0.29) is 28.7 Å². The predicted octanol–water partition coefficient (Wildman–Crippen LogP) is 2.34. The van der Waals surface area contributed by atoms with Crippen LogP contribution in [0.25, 0.3) is 0 Å². The maximum absolute atomic E-state index is 12.3. The quantitative estimate of drug-likeness (QED) is 0.316. The summed E-state index contributed by atoms with van der Waals surface area (Å²) in [5, 5.41) is 13.7. The molecule has 0 aliphatic carbocycles. The van der Waals surface area contributed by atoms with E-state index in [2.05, 4.69) is 10.1 Å². The van der Waals surface area contributed by atoms with Gasteiger partial charge in [-0.05, 0) is 18.2 Å². The molecule has 0 saturated heterocycles. The molecule has 1 aromatic carbocycles. The lowest BCUT2D eigenvalue weighted by atomic mass is 10.2. The number of carbonyl (C=O) groups is 3. The summed E-state index contributed by atoms with van der Waals surface area (Å²) in [5.41, 5.74) is -0.299. The first-order chi connectivity index (χ1) is 12.8. The summed E-state index contributed by atoms with van der Waals surface area (Å²) < 4.78 is 9.86. The van der Waals surface area contributed by atoms with Gasteiger partial charge in [-0.1, -0.05) is 0 Å². The maximum Gasteiger partial charge on any atom is 0.337 e. The monoisotopic (exact) mass is 392 g/mol. The number of nitrogens with zero attached hydrogens (tertiary/aromatic N) is 1. The van der Waals surface area contributed by atoms with Crippen molar-refractivity contribution < 1.29 is 28.8 Å². The molecule has 0 atom stereocenters. The Bertz CT molecular complexity index is 891. The van der Waals surface area contributed by atoms with Crippen molar-refractivity contribution in [3.63, 3.8) is 0 Å². The van der Waals surface area contributed by atoms with Crippen molar-refractivity contribution >= 4 is 34.7 Å². The van der Waals surface area contributed by atoms with Gasteiger partial charge in [0, 0.05) is 23.9 Å². The fraction of sp³-hybridized carbons (Fsp3) is 0.235. The number of carbonyl (C=O) groups excluding carboxylic acids is 3. The van der Waals surface area contributed by atoms with Crippen LogP contribution in [0.5, 0.6) is 5.75 Å². The molecule has 0 spiro atoms. The number of nitro groups is 1. The smallest absolute Gasteiger partial charge is 0.337 e. The number of benzene rings is 1. The lowest BCUT2D eigenvalue weighted by Crippen LogP contribution is -2.18. The second-order valence-electron chi connectivity index (χ2n) is 5.32. The number of rotatable bonds is 8. The lowest BCUT2D eigenvalue weighted by molar-refractivity contribution is -0.385. The van der Waals surface area contributed by atoms with Gasteiger partial charge < -0.3 is 14.8 Å². The van der Waals surface area contributed by atoms with E-state index in [9.17, 15) is 24.5 Å². The van der Waals surface area contributed by atoms with E-state index >= 15 is 0 Å². The Labute approximate surface area is 158 Å². The number of hydrogen-bond acceptors (Lipinski definition) is 8. The van der Waals surface area contributed by atoms with Crippen LogP contribution in [0, 0.1) is 10.1 Å². The van der Waals surface area contributed by atoms with Gasteiger partial charge in [-0.3, -0.25) is 19.7 Å². The Morgan fingerprint density at radius 2 is 1.96 bits per heavy atom. The topological polar surface area (TPSA) is 125 Å². The Hall–Kier alpha value is -3.27. The predicted molar refractivity (Wildman–Crippen MR) is 96.1 cm³/mol. The van der Waals surface area contributed by atoms with Crippen LogP contribution in [-0.4, -0.2) is 36.3 Å². The lowest BCUT2D eigenvalue weighted by Gasteiger charge is -2.07. The molecule has 27 heavy (non-hydrogen) atoms. The largest absolute Gasteiger partial charge is 0.478 e. The van der Waals surface area contributed by atoms with Crippen LogP contribution in [0.3, 0.4) is 0 Å². The molecule has 1 N–H and O–H groups in total. The third-order valence-electron chi connectivity index (χ3n) is 3.38. The molecule has 0 bridgehead atoms. The van der Waals surface area contributed by atoms with E-state index in [0.29, 0.717) is 11.4 Å².